The van der Waals surface area contributed by atoms with E-state index >= 15 is 0 Å². The quantitative estimate of drug-likeness (QED) is 0.531. The van der Waals surface area contributed by atoms with Gasteiger partial charge in [0.15, 0.2) is 17.3 Å². The third kappa shape index (κ3) is 5.84. The highest BCUT2D eigenvalue weighted by Crippen LogP contribution is 2.45. The molecule has 0 bridgehead atoms. The lowest BCUT2D eigenvalue weighted by atomic mass is 10.0. The summed E-state index contributed by atoms with van der Waals surface area (Å²) in [6, 6.07) is 7.14. The molecule has 8 nitrogen and oxygen atoms in total. The number of carbonyl (C=O) groups excluding carboxylic acids is 2. The van der Waals surface area contributed by atoms with Crippen LogP contribution in [0.15, 0.2) is 30.3 Å². The first-order valence-electron chi connectivity index (χ1n) is 11.2. The molecule has 184 valence electrons. The van der Waals surface area contributed by atoms with Crippen molar-refractivity contribution in [2.75, 3.05) is 66.4 Å². The summed E-state index contributed by atoms with van der Waals surface area (Å²) in [6.07, 6.45) is 0.904. The van der Waals surface area contributed by atoms with Crippen LogP contribution in [0.4, 0.5) is 10.1 Å². The predicted molar refractivity (Wildman–Crippen MR) is 128 cm³/mol. The zero-order valence-corrected chi connectivity index (χ0v) is 20.2. The molecule has 3 rings (SSSR count). The summed E-state index contributed by atoms with van der Waals surface area (Å²) in [7, 11) is 6.40. The molecule has 1 N–H and O–H groups in total. The lowest BCUT2D eigenvalue weighted by Crippen LogP contribution is -2.44. The number of carbonyl (C=O) groups is 2. The first kappa shape index (κ1) is 25.5. The van der Waals surface area contributed by atoms with E-state index in [0.717, 1.165) is 32.7 Å². The minimum Gasteiger partial charge on any atom is -0.493 e. The number of benzene rings is 2. The van der Waals surface area contributed by atoms with Crippen LogP contribution in [0.1, 0.15) is 33.6 Å². The largest absolute Gasteiger partial charge is 0.493 e. The van der Waals surface area contributed by atoms with E-state index in [-0.39, 0.29) is 46.3 Å². The highest BCUT2D eigenvalue weighted by molar-refractivity contribution is 6.11. The van der Waals surface area contributed by atoms with Crippen molar-refractivity contribution in [3.05, 3.63) is 47.3 Å². The van der Waals surface area contributed by atoms with Gasteiger partial charge in [-0.15, -0.1) is 0 Å². The summed E-state index contributed by atoms with van der Waals surface area (Å²) in [5.41, 5.74) is 0.209. The maximum Gasteiger partial charge on any atom is 0.258 e. The molecule has 1 heterocycles. The average Bonchev–Trinajstić information content (AvgIpc) is 2.84. The van der Waals surface area contributed by atoms with E-state index in [2.05, 4.69) is 22.2 Å². The Balaban J connectivity index is 1.87. The molecule has 0 saturated carbocycles. The van der Waals surface area contributed by atoms with Gasteiger partial charge in [-0.25, -0.2) is 4.39 Å². The van der Waals surface area contributed by atoms with Crippen molar-refractivity contribution >= 4 is 17.4 Å². The number of rotatable bonds is 10. The molecule has 34 heavy (non-hydrogen) atoms. The van der Waals surface area contributed by atoms with Crippen LogP contribution in [0.3, 0.4) is 0 Å². The zero-order valence-electron chi connectivity index (χ0n) is 20.2. The number of ketones is 1. The van der Waals surface area contributed by atoms with Crippen molar-refractivity contribution in [2.45, 2.75) is 12.8 Å². The molecule has 0 radical (unpaired) electrons. The molecule has 0 aromatic heterocycles. The molecule has 0 atom stereocenters. The van der Waals surface area contributed by atoms with E-state index in [9.17, 15) is 14.0 Å². The minimum atomic E-state index is -0.682. The Morgan fingerprint density at radius 1 is 1.00 bits per heavy atom. The van der Waals surface area contributed by atoms with Gasteiger partial charge in [-0.1, -0.05) is 12.1 Å². The molecule has 0 spiro atoms. The predicted octanol–water partition coefficient (Wildman–Crippen LogP) is 3.31. The monoisotopic (exact) mass is 473 g/mol. The van der Waals surface area contributed by atoms with Gasteiger partial charge in [-0.05, 0) is 32.1 Å². The van der Waals surface area contributed by atoms with Crippen molar-refractivity contribution in [2.24, 2.45) is 0 Å². The fraction of sp³-hybridized carbons (Fsp3) is 0.440. The van der Waals surface area contributed by atoms with Crippen molar-refractivity contribution < 1.29 is 28.2 Å². The van der Waals surface area contributed by atoms with Crippen LogP contribution in [0.25, 0.3) is 0 Å². The van der Waals surface area contributed by atoms with E-state index in [1.54, 1.807) is 6.07 Å². The van der Waals surface area contributed by atoms with E-state index in [0.29, 0.717) is 6.42 Å². The summed E-state index contributed by atoms with van der Waals surface area (Å²) in [5.74, 6) is -0.870. The van der Waals surface area contributed by atoms with E-state index in [1.165, 1.54) is 45.6 Å². The Morgan fingerprint density at radius 3 is 2.29 bits per heavy atom. The van der Waals surface area contributed by atoms with Crippen LogP contribution in [-0.2, 0) is 0 Å². The molecule has 0 aliphatic carbocycles. The Kier molecular flexibility index (Phi) is 8.84. The molecule has 1 aliphatic rings. The number of anilines is 1. The van der Waals surface area contributed by atoms with Gasteiger partial charge in [0.05, 0.1) is 38.1 Å². The van der Waals surface area contributed by atoms with E-state index in [4.69, 9.17) is 14.2 Å². The molecule has 0 unspecified atom stereocenters. The maximum atomic E-state index is 14.2. The number of Topliss-reactive ketones (excluding diaryl/α,β-unsaturated/α-hetero) is 1. The fourth-order valence-electron chi connectivity index (χ4n) is 4.03. The third-order valence-electron chi connectivity index (χ3n) is 5.95. The van der Waals surface area contributed by atoms with Gasteiger partial charge in [0.2, 0.25) is 5.75 Å². The Hall–Kier alpha value is -3.17. The van der Waals surface area contributed by atoms with Crippen LogP contribution in [0.5, 0.6) is 17.2 Å². The number of hydrogen-bond donors (Lipinski definition) is 1. The Labute approximate surface area is 199 Å². The number of piperazine rings is 1. The Bertz CT molecular complexity index is 1020. The second kappa shape index (κ2) is 11.8. The van der Waals surface area contributed by atoms with Gasteiger partial charge in [0.25, 0.3) is 5.91 Å². The van der Waals surface area contributed by atoms with E-state index < -0.39 is 11.7 Å². The maximum absolute atomic E-state index is 14.2. The minimum absolute atomic E-state index is 0.135. The van der Waals surface area contributed by atoms with Gasteiger partial charge < -0.3 is 29.3 Å². The molecule has 1 aliphatic heterocycles. The lowest BCUT2D eigenvalue weighted by Gasteiger charge is -2.32. The number of nitrogens with zero attached hydrogens (tertiary/aromatic N) is 2. The van der Waals surface area contributed by atoms with Gasteiger partial charge in [-0.3, -0.25) is 9.59 Å². The highest BCUT2D eigenvalue weighted by Gasteiger charge is 2.27. The molecule has 9 heteroatoms. The topological polar surface area (TPSA) is 80.3 Å². The lowest BCUT2D eigenvalue weighted by molar-refractivity contribution is 0.0964. The van der Waals surface area contributed by atoms with Crippen LogP contribution < -0.4 is 19.5 Å². The standard InChI is InChI=1S/C25H32FN3O5/c1-28-12-14-29(15-13-28)11-7-10-20(30)22-19(16-21(32-2)23(33-3)24(22)34-4)27-25(31)17-8-5-6-9-18(17)26/h5-6,8-9,16H,7,10-15H2,1-4H3,(H,27,31). The summed E-state index contributed by atoms with van der Waals surface area (Å²) < 4.78 is 30.5. The van der Waals surface area contributed by atoms with Gasteiger partial charge in [-0.2, -0.15) is 0 Å². The fourth-order valence-corrected chi connectivity index (χ4v) is 4.03. The Morgan fingerprint density at radius 2 is 1.68 bits per heavy atom. The number of nitrogens with one attached hydrogen (secondary N) is 1. The van der Waals surface area contributed by atoms with Crippen LogP contribution in [0.2, 0.25) is 0 Å². The number of amides is 1. The molecule has 2 aromatic carbocycles. The molecule has 1 fully saturated rings. The SMILES string of the molecule is COc1cc(NC(=O)c2ccccc2F)c(C(=O)CCCN2CCN(C)CC2)c(OC)c1OC. The second-order valence-corrected chi connectivity index (χ2v) is 8.17. The molecular weight excluding hydrogens is 441 g/mol. The van der Waals surface area contributed by atoms with Crippen molar-refractivity contribution in [1.29, 1.82) is 0 Å². The molecule has 2 aromatic rings. The van der Waals surface area contributed by atoms with Crippen LogP contribution in [0, 0.1) is 5.82 Å². The van der Waals surface area contributed by atoms with Crippen molar-refractivity contribution in [3.63, 3.8) is 0 Å². The van der Waals surface area contributed by atoms with Crippen molar-refractivity contribution in [1.82, 2.24) is 9.80 Å². The number of halogens is 1. The van der Waals surface area contributed by atoms with Crippen molar-refractivity contribution in [3.8, 4) is 17.2 Å². The third-order valence-corrected chi connectivity index (χ3v) is 5.95. The first-order chi connectivity index (χ1) is 16.4. The number of ether oxygens (including phenoxy) is 3. The summed E-state index contributed by atoms with van der Waals surface area (Å²) in [4.78, 5) is 30.8. The first-order valence-corrected chi connectivity index (χ1v) is 11.2. The summed E-state index contributed by atoms with van der Waals surface area (Å²) in [5, 5.41) is 2.66. The zero-order chi connectivity index (χ0) is 24.7. The van der Waals surface area contributed by atoms with E-state index in [1.807, 2.05) is 0 Å². The number of methoxy groups -OCH3 is 3. The van der Waals surface area contributed by atoms with Crippen LogP contribution in [-0.4, -0.2) is 82.6 Å². The molecule has 1 saturated heterocycles. The second-order valence-electron chi connectivity index (χ2n) is 8.17. The number of likely N-dealkylation sites (N-methyl/N-ethyl adjacent to an activating group) is 1. The number of hydrogen-bond acceptors (Lipinski definition) is 7. The van der Waals surface area contributed by atoms with Crippen LogP contribution >= 0.6 is 0 Å². The van der Waals surface area contributed by atoms with Gasteiger partial charge in [0, 0.05) is 38.7 Å². The normalized spacial score (nSPS) is 14.5. The molecular formula is C25H32FN3O5. The average molecular weight is 474 g/mol. The highest BCUT2D eigenvalue weighted by atomic mass is 19.1. The van der Waals surface area contributed by atoms with Gasteiger partial charge >= 0.3 is 0 Å². The summed E-state index contributed by atoms with van der Waals surface area (Å²) >= 11 is 0. The smallest absolute Gasteiger partial charge is 0.258 e. The summed E-state index contributed by atoms with van der Waals surface area (Å²) in [6.45, 7) is 4.74. The van der Waals surface area contributed by atoms with Gasteiger partial charge in [0.1, 0.15) is 5.82 Å². The molecule has 1 amide bonds.